The number of hydrogen-bond acceptors (Lipinski definition) is 3. The molecule has 8 aromatic rings. The minimum Gasteiger partial charge on any atom is -0.497 e. The molecule has 0 atom stereocenters. The Morgan fingerprint density at radius 1 is 0.652 bits per heavy atom. The van der Waals surface area contributed by atoms with E-state index in [2.05, 4.69) is 82.2 Å². The fraction of sp³-hybridized carbons (Fsp3) is 0.122. The van der Waals surface area contributed by atoms with Gasteiger partial charge in [0.2, 0.25) is 0 Å². The van der Waals surface area contributed by atoms with Gasteiger partial charge in [-0.25, -0.2) is 0 Å². The molecule has 0 amide bonds. The molecule has 5 heteroatoms. The fourth-order valence-electron chi connectivity index (χ4n) is 8.33. The molecule has 0 aliphatic heterocycles. The number of para-hydroxylation sites is 2. The van der Waals surface area contributed by atoms with Gasteiger partial charge in [0.25, 0.3) is 0 Å². The van der Waals surface area contributed by atoms with Crippen molar-refractivity contribution in [1.82, 2.24) is 14.4 Å². The number of nitrogens with zero attached hydrogens (tertiary/aromatic N) is 3. The van der Waals surface area contributed by atoms with Gasteiger partial charge in [-0.3, -0.25) is 0 Å². The predicted molar refractivity (Wildman–Crippen MR) is 179 cm³/mol. The number of aromatic nitrogens is 3. The van der Waals surface area contributed by atoms with Crippen LogP contribution in [0.2, 0.25) is 0 Å². The molecule has 0 saturated heterocycles. The van der Waals surface area contributed by atoms with Crippen LogP contribution in [0.5, 0.6) is 11.5 Å². The standard InChI is InChI=1S/C41H27N3O.Pt/c1-2-18-36-29(13-1)30-14-10-15-31-38-40(44(36)39(30)31)33-25-28(45-27-12-9-11-26(23-27)34-16-3-7-21-42-34)24-32(35-17-4-8-22-43-35)37(33)41(38)19-5-6-20-41;/h1-4,7-18,21-22,25H,5-6,19-20H2;/q-2;+2. The number of rotatable bonds is 4. The van der Waals surface area contributed by atoms with Gasteiger partial charge in [-0.1, -0.05) is 97.3 Å². The van der Waals surface area contributed by atoms with Crippen molar-refractivity contribution in [3.8, 4) is 45.3 Å². The van der Waals surface area contributed by atoms with Crippen LogP contribution in [-0.2, 0) is 26.5 Å². The van der Waals surface area contributed by atoms with Gasteiger partial charge in [0.15, 0.2) is 0 Å². The van der Waals surface area contributed by atoms with Crippen molar-refractivity contribution in [2.75, 3.05) is 0 Å². The average molecular weight is 773 g/mol. The van der Waals surface area contributed by atoms with Crippen molar-refractivity contribution in [1.29, 1.82) is 0 Å². The van der Waals surface area contributed by atoms with E-state index in [9.17, 15) is 0 Å². The zero-order valence-electron chi connectivity index (χ0n) is 24.9. The molecule has 0 N–H and O–H groups in total. The van der Waals surface area contributed by atoms with Gasteiger partial charge in [-0.2, -0.15) is 0 Å². The van der Waals surface area contributed by atoms with Crippen LogP contribution in [0.25, 0.3) is 61.0 Å². The molecule has 1 saturated carbocycles. The van der Waals surface area contributed by atoms with E-state index >= 15 is 0 Å². The van der Waals surface area contributed by atoms with E-state index in [0.29, 0.717) is 11.5 Å². The number of hydrogen-bond donors (Lipinski definition) is 0. The molecule has 4 heterocycles. The van der Waals surface area contributed by atoms with E-state index in [4.69, 9.17) is 9.72 Å². The number of fused-ring (bicyclic) bond motifs is 10. The number of ether oxygens (including phenoxy) is 1. The Labute approximate surface area is 281 Å². The van der Waals surface area contributed by atoms with Crippen molar-refractivity contribution in [3.05, 3.63) is 139 Å². The van der Waals surface area contributed by atoms with Gasteiger partial charge in [0, 0.05) is 45.7 Å². The van der Waals surface area contributed by atoms with Crippen molar-refractivity contribution in [2.24, 2.45) is 0 Å². The summed E-state index contributed by atoms with van der Waals surface area (Å²) in [6.07, 6.45) is 8.32. The first-order valence-corrected chi connectivity index (χ1v) is 15.7. The third kappa shape index (κ3) is 3.77. The van der Waals surface area contributed by atoms with E-state index in [1.165, 1.54) is 62.4 Å². The Morgan fingerprint density at radius 2 is 1.37 bits per heavy atom. The summed E-state index contributed by atoms with van der Waals surface area (Å²) in [5, 5.41) is 3.97. The second kappa shape index (κ2) is 10.4. The summed E-state index contributed by atoms with van der Waals surface area (Å²) in [7, 11) is 0. The number of pyridine rings is 2. The van der Waals surface area contributed by atoms with Gasteiger partial charge < -0.3 is 19.1 Å². The van der Waals surface area contributed by atoms with E-state index in [0.717, 1.165) is 35.4 Å². The summed E-state index contributed by atoms with van der Waals surface area (Å²) in [5.74, 6) is 1.29. The first kappa shape index (κ1) is 27.5. The van der Waals surface area contributed by atoms with Gasteiger partial charge in [-0.05, 0) is 53.4 Å². The average Bonchev–Trinajstić information content (AvgIpc) is 3.86. The molecule has 0 radical (unpaired) electrons. The van der Waals surface area contributed by atoms with Crippen LogP contribution in [0.3, 0.4) is 0 Å². The van der Waals surface area contributed by atoms with Crippen molar-refractivity contribution in [2.45, 2.75) is 31.1 Å². The Bertz CT molecular complexity index is 2410. The monoisotopic (exact) mass is 772 g/mol. The van der Waals surface area contributed by atoms with E-state index in [-0.39, 0.29) is 26.5 Å². The minimum absolute atomic E-state index is 0. The third-order valence-corrected chi connectivity index (χ3v) is 9.99. The first-order valence-electron chi connectivity index (χ1n) is 15.7. The van der Waals surface area contributed by atoms with Gasteiger partial charge in [0.1, 0.15) is 0 Å². The van der Waals surface area contributed by atoms with E-state index < -0.39 is 0 Å². The minimum atomic E-state index is -0.0913. The largest absolute Gasteiger partial charge is 2.00 e. The maximum Gasteiger partial charge on any atom is 2.00 e. The summed E-state index contributed by atoms with van der Waals surface area (Å²) < 4.78 is 9.18. The summed E-state index contributed by atoms with van der Waals surface area (Å²) >= 11 is 0. The molecule has 4 aromatic heterocycles. The molecule has 1 fully saturated rings. The molecule has 4 nitrogen and oxygen atoms in total. The topological polar surface area (TPSA) is 39.4 Å². The maximum atomic E-state index is 6.65. The normalized spacial score (nSPS) is 14.6. The molecule has 1 spiro atoms. The summed E-state index contributed by atoms with van der Waals surface area (Å²) in [4.78, 5) is 9.39. The second-order valence-electron chi connectivity index (χ2n) is 12.3. The van der Waals surface area contributed by atoms with Gasteiger partial charge in [0.05, 0.1) is 11.0 Å². The first-order chi connectivity index (χ1) is 22.3. The van der Waals surface area contributed by atoms with E-state index in [1.54, 1.807) is 6.20 Å². The molecule has 222 valence electrons. The van der Waals surface area contributed by atoms with Crippen molar-refractivity contribution < 1.29 is 25.8 Å². The fourth-order valence-corrected chi connectivity index (χ4v) is 8.33. The van der Waals surface area contributed by atoms with E-state index in [1.807, 2.05) is 48.7 Å². The van der Waals surface area contributed by atoms with Crippen LogP contribution in [0.1, 0.15) is 36.8 Å². The Kier molecular flexibility index (Phi) is 6.20. The molecular weight excluding hydrogens is 746 g/mol. The smallest absolute Gasteiger partial charge is 0.497 e. The van der Waals surface area contributed by atoms with Crippen LogP contribution in [0.15, 0.2) is 116 Å². The van der Waals surface area contributed by atoms with Crippen LogP contribution in [-0.4, -0.2) is 14.4 Å². The van der Waals surface area contributed by atoms with Gasteiger partial charge >= 0.3 is 21.1 Å². The number of benzene rings is 4. The third-order valence-electron chi connectivity index (χ3n) is 9.99. The molecule has 0 bridgehead atoms. The SMILES string of the molecule is [Pt+2].[c-]1c(Oc2[c-]c(-c3ccccn3)c3c(c2)-c2c(c4cccc5c6ccccc6n2c45)C32CCCC2)cccc1-c1ccccn1. The summed E-state index contributed by atoms with van der Waals surface area (Å²) in [5.41, 5.74) is 11.5. The second-order valence-corrected chi connectivity index (χ2v) is 12.3. The molecule has 2 aliphatic rings. The quantitative estimate of drug-likeness (QED) is 0.167. The van der Waals surface area contributed by atoms with Crippen LogP contribution in [0.4, 0.5) is 0 Å². The molecular formula is C41H27N3OPt. The van der Waals surface area contributed by atoms with Crippen LogP contribution >= 0.6 is 0 Å². The zero-order valence-corrected chi connectivity index (χ0v) is 27.1. The zero-order chi connectivity index (χ0) is 29.5. The molecule has 4 aromatic carbocycles. The Balaban J connectivity index is 0.00000292. The van der Waals surface area contributed by atoms with Crippen molar-refractivity contribution in [3.63, 3.8) is 0 Å². The summed E-state index contributed by atoms with van der Waals surface area (Å²) in [6.45, 7) is 0. The Morgan fingerprint density at radius 3 is 2.17 bits per heavy atom. The Hall–Kier alpha value is -4.79. The molecule has 46 heavy (non-hydrogen) atoms. The molecule has 10 rings (SSSR count). The van der Waals surface area contributed by atoms with Gasteiger partial charge in [-0.15, -0.1) is 34.9 Å². The van der Waals surface area contributed by atoms with Crippen LogP contribution in [0, 0.1) is 12.1 Å². The van der Waals surface area contributed by atoms with Crippen LogP contribution < -0.4 is 4.74 Å². The molecule has 0 unspecified atom stereocenters. The molecule has 2 aliphatic carbocycles. The van der Waals surface area contributed by atoms with Crippen molar-refractivity contribution >= 4 is 27.2 Å². The summed E-state index contributed by atoms with van der Waals surface area (Å²) in [6, 6.07) is 43.1. The predicted octanol–water partition coefficient (Wildman–Crippen LogP) is 10.0. The maximum absolute atomic E-state index is 6.65.